The third kappa shape index (κ3) is 10.6. The van der Waals surface area contributed by atoms with Crippen LogP contribution in [0.2, 0.25) is 5.15 Å². The van der Waals surface area contributed by atoms with E-state index < -0.39 is 5.91 Å². The molecule has 4 rings (SSSR count). The first-order chi connectivity index (χ1) is 23.0. The lowest BCUT2D eigenvalue weighted by Crippen LogP contribution is -2.38. The van der Waals surface area contributed by atoms with Crippen LogP contribution in [0.25, 0.3) is 10.8 Å². The van der Waals surface area contributed by atoms with Gasteiger partial charge in [0.2, 0.25) is 5.91 Å². The van der Waals surface area contributed by atoms with Crippen LogP contribution in [-0.4, -0.2) is 65.9 Å². The second-order valence-corrected chi connectivity index (χ2v) is 12.4. The fraction of sp³-hybridized carbons (Fsp3) is 0.343. The van der Waals surface area contributed by atoms with Gasteiger partial charge in [-0.05, 0) is 98.8 Å². The van der Waals surface area contributed by atoms with Gasteiger partial charge in [0.1, 0.15) is 0 Å². The lowest BCUT2D eigenvalue weighted by atomic mass is 9.93. The molecule has 48 heavy (non-hydrogen) atoms. The molecule has 2 amide bonds. The summed E-state index contributed by atoms with van der Waals surface area (Å²) in [6.07, 6.45) is 5.34. The van der Waals surface area contributed by atoms with E-state index in [1.807, 2.05) is 24.3 Å². The van der Waals surface area contributed by atoms with Crippen molar-refractivity contribution in [3.8, 4) is 0 Å². The minimum atomic E-state index is -0.675. The number of hydrogen-bond acceptors (Lipinski definition) is 9. The van der Waals surface area contributed by atoms with Crippen LogP contribution in [0, 0.1) is 0 Å². The zero-order valence-electron chi connectivity index (χ0n) is 27.5. The van der Waals surface area contributed by atoms with Gasteiger partial charge in [-0.15, -0.1) is 0 Å². The van der Waals surface area contributed by atoms with Crippen LogP contribution in [0.15, 0.2) is 65.7 Å². The van der Waals surface area contributed by atoms with E-state index in [9.17, 15) is 9.59 Å². The van der Waals surface area contributed by atoms with Crippen molar-refractivity contribution >= 4 is 57.5 Å². The topological polar surface area (TPSA) is 204 Å². The maximum atomic E-state index is 12.8. The molecule has 1 aromatic heterocycles. The van der Waals surface area contributed by atoms with Crippen molar-refractivity contribution in [1.82, 2.24) is 20.2 Å². The Labute approximate surface area is 286 Å². The number of halogens is 1. The first-order valence-corrected chi connectivity index (χ1v) is 16.4. The van der Waals surface area contributed by atoms with Crippen molar-refractivity contribution in [3.05, 3.63) is 88.2 Å². The summed E-state index contributed by atoms with van der Waals surface area (Å²) in [6, 6.07) is 20.2. The van der Waals surface area contributed by atoms with Gasteiger partial charge in [0.25, 0.3) is 5.91 Å². The van der Waals surface area contributed by atoms with Gasteiger partial charge >= 0.3 is 0 Å². The number of nitrogens with two attached hydrogens (primary N) is 4. The molecule has 3 aromatic carbocycles. The zero-order valence-corrected chi connectivity index (χ0v) is 28.3. The number of aromatic nitrogens is 2. The van der Waals surface area contributed by atoms with Gasteiger partial charge in [-0.2, -0.15) is 0 Å². The van der Waals surface area contributed by atoms with E-state index in [1.165, 1.54) is 11.1 Å². The van der Waals surface area contributed by atoms with Crippen LogP contribution < -0.4 is 33.6 Å². The molecule has 0 aliphatic rings. The number of nitrogen functional groups attached to an aromatic ring is 2. The monoisotopic (exact) mass is 672 g/mol. The van der Waals surface area contributed by atoms with Gasteiger partial charge in [-0.25, -0.2) is 9.97 Å². The first kappa shape index (κ1) is 36.1. The number of amides is 2. The normalized spacial score (nSPS) is 12.3. The molecule has 0 aliphatic carbocycles. The number of fused-ring (bicyclic) bond motifs is 1. The molecule has 0 fully saturated rings. The van der Waals surface area contributed by atoms with Crippen LogP contribution in [0.1, 0.15) is 52.9 Å². The molecular formula is C35H45ClN10O2. The maximum Gasteiger partial charge on any atom is 0.280 e. The fourth-order valence-corrected chi connectivity index (χ4v) is 5.56. The van der Waals surface area contributed by atoms with Crippen molar-refractivity contribution in [1.29, 1.82) is 0 Å². The van der Waals surface area contributed by atoms with Crippen LogP contribution in [0.4, 0.5) is 17.3 Å². The molecule has 254 valence electrons. The minimum Gasteiger partial charge on any atom is -0.382 e. The molecule has 4 aromatic rings. The Hall–Kier alpha value is -4.78. The SMILES string of the molecule is CN(C)CCCc1ccc(NC(=O)CC(N)Cc2ccc(CCCCN=C(N)NC(=O)c3nc(Cl)c(N)nc3N)c3ccccc23)cc1. The summed E-state index contributed by atoms with van der Waals surface area (Å²) in [4.78, 5) is 39.3. The Balaban J connectivity index is 1.25. The lowest BCUT2D eigenvalue weighted by molar-refractivity contribution is -0.116. The highest BCUT2D eigenvalue weighted by Gasteiger charge is 2.17. The number of rotatable bonds is 15. The molecule has 10 N–H and O–H groups in total. The van der Waals surface area contributed by atoms with Crippen LogP contribution in [0.5, 0.6) is 0 Å². The zero-order chi connectivity index (χ0) is 34.6. The fourth-order valence-electron chi connectivity index (χ4n) is 5.43. The number of aryl methyl sites for hydroxylation is 2. The third-order valence-corrected chi connectivity index (χ3v) is 8.12. The molecule has 0 saturated heterocycles. The Morgan fingerprint density at radius 2 is 1.58 bits per heavy atom. The standard InChI is InChI=1S/C35H45ClN10O2/c1-46(2)19-7-8-22-12-16-26(17-13-22)42-29(47)21-25(37)20-24-15-14-23(27-10-3-4-11-28(24)27)9-5-6-18-41-35(40)45-34(48)30-32(38)44-33(39)31(36)43-30/h3-4,10-17,25H,5-9,18-21,37H2,1-2H3,(H,42,47)(H4,38,39,44)(H3,40,41,45,48). The van der Waals surface area contributed by atoms with E-state index in [0.29, 0.717) is 13.0 Å². The van der Waals surface area contributed by atoms with Gasteiger partial charge in [0.05, 0.1) is 0 Å². The number of hydrogen-bond donors (Lipinski definition) is 6. The van der Waals surface area contributed by atoms with E-state index in [0.717, 1.165) is 60.7 Å². The number of nitrogens with zero attached hydrogens (tertiary/aromatic N) is 4. The number of anilines is 3. The summed E-state index contributed by atoms with van der Waals surface area (Å²) in [7, 11) is 4.15. The highest BCUT2D eigenvalue weighted by molar-refractivity contribution is 6.31. The predicted octanol–water partition coefficient (Wildman–Crippen LogP) is 3.91. The number of carbonyl (C=O) groups is 2. The van der Waals surface area contributed by atoms with Crippen molar-refractivity contribution in [3.63, 3.8) is 0 Å². The Kier molecular flexibility index (Phi) is 13.1. The highest BCUT2D eigenvalue weighted by atomic mass is 35.5. The molecule has 12 nitrogen and oxygen atoms in total. The second-order valence-electron chi connectivity index (χ2n) is 12.1. The van der Waals surface area contributed by atoms with Crippen molar-refractivity contribution in [2.45, 2.75) is 51.0 Å². The molecule has 0 radical (unpaired) electrons. The third-order valence-electron chi connectivity index (χ3n) is 7.84. The minimum absolute atomic E-state index is 0.0574. The number of benzene rings is 3. The summed E-state index contributed by atoms with van der Waals surface area (Å²) in [5.74, 6) is -1.05. The number of carbonyl (C=O) groups excluding carboxylic acids is 2. The highest BCUT2D eigenvalue weighted by Crippen LogP contribution is 2.26. The Morgan fingerprint density at radius 3 is 2.29 bits per heavy atom. The average Bonchev–Trinajstić information content (AvgIpc) is 3.04. The molecule has 1 heterocycles. The van der Waals surface area contributed by atoms with Gasteiger partial charge in [0, 0.05) is 24.7 Å². The second kappa shape index (κ2) is 17.4. The number of unbranched alkanes of at least 4 members (excludes halogenated alkanes) is 1. The summed E-state index contributed by atoms with van der Waals surface area (Å²) in [5, 5.41) is 7.59. The van der Waals surface area contributed by atoms with Crippen LogP contribution >= 0.6 is 11.6 Å². The summed E-state index contributed by atoms with van der Waals surface area (Å²) >= 11 is 5.85. The Bertz CT molecular complexity index is 1740. The average molecular weight is 673 g/mol. The van der Waals surface area contributed by atoms with Gasteiger partial charge < -0.3 is 33.2 Å². The van der Waals surface area contributed by atoms with Crippen molar-refractivity contribution in [2.24, 2.45) is 16.5 Å². The summed E-state index contributed by atoms with van der Waals surface area (Å²) < 4.78 is 0. The Morgan fingerprint density at radius 1 is 0.896 bits per heavy atom. The molecule has 1 unspecified atom stereocenters. The molecule has 1 atom stereocenters. The number of aliphatic imine (C=N–C) groups is 1. The molecule has 0 saturated carbocycles. The number of nitrogens with one attached hydrogen (secondary N) is 2. The van der Waals surface area contributed by atoms with E-state index in [2.05, 4.69) is 81.0 Å². The number of guanidine groups is 1. The largest absolute Gasteiger partial charge is 0.382 e. The van der Waals surface area contributed by atoms with Gasteiger partial charge in [-0.3, -0.25) is 19.9 Å². The molecule has 0 aliphatic heterocycles. The molecule has 0 spiro atoms. The van der Waals surface area contributed by atoms with Crippen LogP contribution in [-0.2, 0) is 24.1 Å². The lowest BCUT2D eigenvalue weighted by Gasteiger charge is -2.16. The summed E-state index contributed by atoms with van der Waals surface area (Å²) in [5.41, 5.74) is 27.8. The van der Waals surface area contributed by atoms with Gasteiger partial charge in [-0.1, -0.05) is 60.1 Å². The van der Waals surface area contributed by atoms with E-state index in [-0.39, 0.29) is 46.8 Å². The summed E-state index contributed by atoms with van der Waals surface area (Å²) in [6.45, 7) is 1.46. The van der Waals surface area contributed by atoms with Crippen molar-refractivity contribution in [2.75, 3.05) is 44.0 Å². The van der Waals surface area contributed by atoms with Crippen LogP contribution in [0.3, 0.4) is 0 Å². The molecule has 0 bridgehead atoms. The predicted molar refractivity (Wildman–Crippen MR) is 195 cm³/mol. The van der Waals surface area contributed by atoms with E-state index >= 15 is 0 Å². The maximum absolute atomic E-state index is 12.8. The quantitative estimate of drug-likeness (QED) is 0.0614. The molecular weight excluding hydrogens is 628 g/mol. The first-order valence-electron chi connectivity index (χ1n) is 16.0. The molecule has 13 heteroatoms. The van der Waals surface area contributed by atoms with E-state index in [4.69, 9.17) is 34.5 Å². The van der Waals surface area contributed by atoms with Crippen molar-refractivity contribution < 1.29 is 9.59 Å². The smallest absolute Gasteiger partial charge is 0.280 e. The van der Waals surface area contributed by atoms with Gasteiger partial charge in [0.15, 0.2) is 28.4 Å². The van der Waals surface area contributed by atoms with E-state index in [1.54, 1.807) is 0 Å².